The summed E-state index contributed by atoms with van der Waals surface area (Å²) < 4.78 is 13.4. The predicted molar refractivity (Wildman–Crippen MR) is 144 cm³/mol. The monoisotopic (exact) mass is 556 g/mol. The zero-order valence-electron chi connectivity index (χ0n) is 22.4. The van der Waals surface area contributed by atoms with E-state index in [-0.39, 0.29) is 12.1 Å². The third-order valence-electron chi connectivity index (χ3n) is 7.80. The first-order valence-corrected chi connectivity index (χ1v) is 22.1. The van der Waals surface area contributed by atoms with E-state index >= 15 is 0 Å². The number of ether oxygens (including phenoxy) is 1. The quantitative estimate of drug-likeness (QED) is 0.0956. The van der Waals surface area contributed by atoms with Gasteiger partial charge in [-0.2, -0.15) is 0 Å². The summed E-state index contributed by atoms with van der Waals surface area (Å²) in [4.78, 5) is 12.4. The van der Waals surface area contributed by atoms with Crippen molar-refractivity contribution in [2.45, 2.75) is 150 Å². The fourth-order valence-corrected chi connectivity index (χ4v) is 19.8. The summed E-state index contributed by atoms with van der Waals surface area (Å²) in [6.45, 7) is 11.6. The molecule has 0 heterocycles. The van der Waals surface area contributed by atoms with E-state index < -0.39 is 18.4 Å². The summed E-state index contributed by atoms with van der Waals surface area (Å²) in [6, 6.07) is 0. The summed E-state index contributed by atoms with van der Waals surface area (Å²) in [5.41, 5.74) is 0. The molecule has 2 nitrogen and oxygen atoms in total. The van der Waals surface area contributed by atoms with Crippen molar-refractivity contribution in [3.05, 3.63) is 10.2 Å². The molecular formula is C29H56O2Sn. The Morgan fingerprint density at radius 2 is 1.56 bits per heavy atom. The third-order valence-corrected chi connectivity index (χ3v) is 21.9. The maximum absolute atomic E-state index is 12.4. The van der Waals surface area contributed by atoms with E-state index in [1.54, 1.807) is 13.3 Å². The standard InChI is InChI=1S/C17H29O2.3C4H9.Sn/c1-4-14(3)9-6-7-12-17(18)19-16-11-8-10-15(5-2)13-16;3*1-3-4-2;/h2,5,14-16H,4,6-13H2,1,3H3;3*1,3-4H2,2H3;/t14-,15+,16-;;;;/m0..../s1. The van der Waals surface area contributed by atoms with Crippen LogP contribution in [0, 0.1) is 11.8 Å². The molecule has 1 rings (SSSR count). The average Bonchev–Trinajstić information content (AvgIpc) is 2.81. The van der Waals surface area contributed by atoms with Gasteiger partial charge in [-0.05, 0) is 0 Å². The Kier molecular flexibility index (Phi) is 17.2. The number of carbonyl (C=O) groups excluding carboxylic acids is 1. The van der Waals surface area contributed by atoms with Crippen LogP contribution in [0.3, 0.4) is 0 Å². The second-order valence-corrected chi connectivity index (χ2v) is 23.8. The molecule has 0 aromatic carbocycles. The van der Waals surface area contributed by atoms with Gasteiger partial charge in [-0.15, -0.1) is 0 Å². The van der Waals surface area contributed by atoms with Crippen LogP contribution in [0.1, 0.15) is 131 Å². The van der Waals surface area contributed by atoms with Crippen LogP contribution >= 0.6 is 0 Å². The molecule has 0 aliphatic heterocycles. The molecule has 3 heteroatoms. The molecule has 32 heavy (non-hydrogen) atoms. The summed E-state index contributed by atoms with van der Waals surface area (Å²) >= 11 is -2.19. The van der Waals surface area contributed by atoms with Gasteiger partial charge in [0.1, 0.15) is 0 Å². The number of hydrogen-bond donors (Lipinski definition) is 0. The first kappa shape index (κ1) is 30.0. The molecule has 0 aromatic heterocycles. The second kappa shape index (κ2) is 18.4. The molecule has 1 fully saturated rings. The van der Waals surface area contributed by atoms with Gasteiger partial charge < -0.3 is 0 Å². The van der Waals surface area contributed by atoms with E-state index in [4.69, 9.17) is 4.74 Å². The van der Waals surface area contributed by atoms with Crippen molar-refractivity contribution in [1.82, 2.24) is 0 Å². The Morgan fingerprint density at radius 3 is 2.12 bits per heavy atom. The van der Waals surface area contributed by atoms with Gasteiger partial charge in [0.25, 0.3) is 0 Å². The second-order valence-electron chi connectivity index (χ2n) is 10.8. The first-order valence-electron chi connectivity index (χ1n) is 14.4. The first-order chi connectivity index (χ1) is 15.5. The number of unbranched alkanes of at least 4 members (excludes halogenated alkanes) is 4. The molecule has 0 unspecified atom stereocenters. The molecule has 0 radical (unpaired) electrons. The van der Waals surface area contributed by atoms with Gasteiger partial charge >= 0.3 is 186 Å². The zero-order chi connectivity index (χ0) is 23.7. The van der Waals surface area contributed by atoms with Crippen molar-refractivity contribution in [2.24, 2.45) is 11.8 Å². The van der Waals surface area contributed by atoms with Crippen LogP contribution in [0.2, 0.25) is 13.3 Å². The van der Waals surface area contributed by atoms with Gasteiger partial charge in [-0.3, -0.25) is 0 Å². The Labute approximate surface area is 205 Å². The molecule has 0 saturated heterocycles. The van der Waals surface area contributed by atoms with Gasteiger partial charge in [-0.1, -0.05) is 20.3 Å². The average molecular weight is 555 g/mol. The Bertz CT molecular complexity index is 480. The zero-order valence-corrected chi connectivity index (χ0v) is 25.3. The van der Waals surface area contributed by atoms with E-state index in [1.165, 1.54) is 64.2 Å². The number of carbonyl (C=O) groups is 1. The van der Waals surface area contributed by atoms with Crippen LogP contribution in [0.4, 0.5) is 0 Å². The van der Waals surface area contributed by atoms with E-state index in [2.05, 4.69) is 44.8 Å². The van der Waals surface area contributed by atoms with E-state index in [1.807, 2.05) is 0 Å². The minimum absolute atomic E-state index is 0.0474. The summed E-state index contributed by atoms with van der Waals surface area (Å²) in [5.74, 6) is 1.46. The van der Waals surface area contributed by atoms with E-state index in [0.29, 0.717) is 12.3 Å². The molecule has 1 aliphatic rings. The van der Waals surface area contributed by atoms with Crippen molar-refractivity contribution < 1.29 is 9.53 Å². The normalized spacial score (nSPS) is 20.5. The SMILES string of the molecule is CCC[CH2][Sn](/[CH]=C/[C@@H]1CCC[C@H](OC(=O)CCCC[C@@H](C)CC)C1)([CH2]CCC)[CH2]CCC. The van der Waals surface area contributed by atoms with Crippen molar-refractivity contribution in [1.29, 1.82) is 0 Å². The van der Waals surface area contributed by atoms with Gasteiger partial charge in [-0.25, -0.2) is 0 Å². The fourth-order valence-electron chi connectivity index (χ4n) is 5.23. The summed E-state index contributed by atoms with van der Waals surface area (Å²) in [7, 11) is 0. The van der Waals surface area contributed by atoms with Crippen LogP contribution < -0.4 is 0 Å². The van der Waals surface area contributed by atoms with E-state index in [0.717, 1.165) is 31.6 Å². The van der Waals surface area contributed by atoms with Crippen molar-refractivity contribution in [3.8, 4) is 0 Å². The van der Waals surface area contributed by atoms with Gasteiger partial charge in [0.05, 0.1) is 0 Å². The maximum atomic E-state index is 12.4. The molecule has 3 atom stereocenters. The summed E-state index contributed by atoms with van der Waals surface area (Å²) in [6.07, 6.45) is 20.9. The van der Waals surface area contributed by atoms with Gasteiger partial charge in [0.2, 0.25) is 0 Å². The molecule has 188 valence electrons. The molecule has 0 spiro atoms. The molecule has 1 aliphatic carbocycles. The minimum atomic E-state index is -2.19. The Morgan fingerprint density at radius 1 is 0.938 bits per heavy atom. The molecule has 0 amide bonds. The van der Waals surface area contributed by atoms with Gasteiger partial charge in [0, 0.05) is 0 Å². The topological polar surface area (TPSA) is 26.3 Å². The molecular weight excluding hydrogens is 499 g/mol. The van der Waals surface area contributed by atoms with E-state index in [9.17, 15) is 4.79 Å². The number of allylic oxidation sites excluding steroid dienone is 1. The van der Waals surface area contributed by atoms with Crippen LogP contribution in [-0.4, -0.2) is 30.5 Å². The van der Waals surface area contributed by atoms with Crippen molar-refractivity contribution >= 4 is 24.3 Å². The van der Waals surface area contributed by atoms with Crippen LogP contribution in [0.5, 0.6) is 0 Å². The van der Waals surface area contributed by atoms with Crippen molar-refractivity contribution in [3.63, 3.8) is 0 Å². The van der Waals surface area contributed by atoms with Crippen molar-refractivity contribution in [2.75, 3.05) is 0 Å². The Hall–Kier alpha value is 0.00870. The summed E-state index contributed by atoms with van der Waals surface area (Å²) in [5, 5.41) is 0. The number of hydrogen-bond acceptors (Lipinski definition) is 2. The number of esters is 1. The molecule has 0 N–H and O–H groups in total. The predicted octanol–water partition coefficient (Wildman–Crippen LogP) is 9.64. The molecule has 1 saturated carbocycles. The van der Waals surface area contributed by atoms with Crippen LogP contribution in [0.25, 0.3) is 0 Å². The molecule has 0 bridgehead atoms. The number of rotatable bonds is 18. The fraction of sp³-hybridized carbons (Fsp3) is 0.897. The Balaban J connectivity index is 2.59. The molecule has 0 aromatic rings. The van der Waals surface area contributed by atoms with Gasteiger partial charge in [0.15, 0.2) is 0 Å². The van der Waals surface area contributed by atoms with Crippen LogP contribution in [0.15, 0.2) is 10.2 Å². The third kappa shape index (κ3) is 13.0. The van der Waals surface area contributed by atoms with Crippen LogP contribution in [-0.2, 0) is 9.53 Å².